The Kier molecular flexibility index (Phi) is 5.64. The first-order valence-corrected chi connectivity index (χ1v) is 8.80. The fraction of sp³-hybridized carbons (Fsp3) is 0.188. The molecule has 0 fully saturated rings. The van der Waals surface area contributed by atoms with E-state index < -0.39 is 21.6 Å². The highest BCUT2D eigenvalue weighted by atomic mass is 32.2. The zero-order valence-corrected chi connectivity index (χ0v) is 14.1. The summed E-state index contributed by atoms with van der Waals surface area (Å²) in [5.41, 5.74) is 1.81. The third kappa shape index (κ3) is 4.39. The van der Waals surface area contributed by atoms with Gasteiger partial charge in [-0.25, -0.2) is 0 Å². The van der Waals surface area contributed by atoms with Crippen molar-refractivity contribution in [3.63, 3.8) is 0 Å². The van der Waals surface area contributed by atoms with Crippen molar-refractivity contribution >= 4 is 33.8 Å². The lowest BCUT2D eigenvalue weighted by molar-refractivity contribution is -0.383. The second-order valence-electron chi connectivity index (χ2n) is 5.11. The number of hydrogen-bond donors (Lipinski definition) is 2. The minimum atomic E-state index is -0.973. The quantitative estimate of drug-likeness (QED) is 0.618. The topological polar surface area (TPSA) is 101 Å². The van der Waals surface area contributed by atoms with Gasteiger partial charge in [-0.1, -0.05) is 12.1 Å². The second kappa shape index (κ2) is 7.69. The third-order valence-corrected chi connectivity index (χ3v) is 4.00. The normalized spacial score (nSPS) is 11.6. The number of nitro groups is 1. The zero-order chi connectivity index (χ0) is 17.7. The molecule has 0 radical (unpaired) electrons. The molecule has 1 unspecified atom stereocenters. The van der Waals surface area contributed by atoms with Crippen molar-refractivity contribution in [1.82, 2.24) is 5.32 Å². The average Bonchev–Trinajstić information content (AvgIpc) is 2.54. The highest BCUT2D eigenvalue weighted by Gasteiger charge is 2.17. The second-order valence-corrected chi connectivity index (χ2v) is 6.55. The van der Waals surface area contributed by atoms with Gasteiger partial charge in [0, 0.05) is 47.2 Å². The fourth-order valence-corrected chi connectivity index (χ4v) is 2.85. The van der Waals surface area contributed by atoms with Crippen molar-refractivity contribution in [2.75, 3.05) is 18.6 Å². The standard InChI is InChI=1S/C16H17N3O4S/c1-17-16(20)12-6-7-14(15(9-12)19(21)22)18-13-5-3-4-11(8-13)10-24(2)23/h3-9,18H,10H2,1-2H3,(H,17,20). The van der Waals surface area contributed by atoms with Gasteiger partial charge in [0.05, 0.1) is 4.92 Å². The summed E-state index contributed by atoms with van der Waals surface area (Å²) >= 11 is 0. The van der Waals surface area contributed by atoms with E-state index in [9.17, 15) is 19.1 Å². The van der Waals surface area contributed by atoms with E-state index in [-0.39, 0.29) is 16.9 Å². The maximum absolute atomic E-state index is 11.6. The number of amides is 1. The summed E-state index contributed by atoms with van der Waals surface area (Å²) in [7, 11) is 0.489. The molecule has 2 rings (SSSR count). The molecule has 0 spiro atoms. The van der Waals surface area contributed by atoms with Gasteiger partial charge in [0.2, 0.25) is 0 Å². The van der Waals surface area contributed by atoms with E-state index in [0.29, 0.717) is 11.4 Å². The van der Waals surface area contributed by atoms with Gasteiger partial charge in [0.25, 0.3) is 11.6 Å². The molecular weight excluding hydrogens is 330 g/mol. The molecule has 2 N–H and O–H groups in total. The first kappa shape index (κ1) is 17.6. The summed E-state index contributed by atoms with van der Waals surface area (Å²) in [6, 6.07) is 11.4. The molecule has 0 saturated heterocycles. The Morgan fingerprint density at radius 2 is 2.00 bits per heavy atom. The molecule has 8 heteroatoms. The van der Waals surface area contributed by atoms with Crippen LogP contribution in [0.2, 0.25) is 0 Å². The van der Waals surface area contributed by atoms with Crippen molar-refractivity contribution in [3.05, 3.63) is 63.7 Å². The molecule has 2 aromatic rings. The van der Waals surface area contributed by atoms with Crippen LogP contribution < -0.4 is 10.6 Å². The summed E-state index contributed by atoms with van der Waals surface area (Å²) < 4.78 is 11.3. The molecule has 0 saturated carbocycles. The average molecular weight is 347 g/mol. The van der Waals surface area contributed by atoms with Crippen molar-refractivity contribution in [1.29, 1.82) is 0 Å². The smallest absolute Gasteiger partial charge is 0.293 e. The summed E-state index contributed by atoms with van der Waals surface area (Å²) in [4.78, 5) is 22.4. The number of carbonyl (C=O) groups excluding carboxylic acids is 1. The Hall–Kier alpha value is -2.74. The lowest BCUT2D eigenvalue weighted by atomic mass is 10.1. The molecule has 2 aromatic carbocycles. The predicted octanol–water partition coefficient (Wildman–Crippen LogP) is 2.58. The SMILES string of the molecule is CNC(=O)c1ccc(Nc2cccc(CS(C)=O)c2)c([N+](=O)[O-])c1. The first-order chi connectivity index (χ1) is 11.4. The lowest BCUT2D eigenvalue weighted by Gasteiger charge is -2.10. The molecule has 24 heavy (non-hydrogen) atoms. The number of hydrogen-bond acceptors (Lipinski definition) is 5. The highest BCUT2D eigenvalue weighted by Crippen LogP contribution is 2.29. The maximum Gasteiger partial charge on any atom is 0.293 e. The molecule has 0 bridgehead atoms. The largest absolute Gasteiger partial charge is 0.355 e. The number of benzene rings is 2. The third-order valence-electron chi connectivity index (χ3n) is 3.26. The van der Waals surface area contributed by atoms with E-state index >= 15 is 0 Å². The van der Waals surface area contributed by atoms with Crippen molar-refractivity contribution in [2.45, 2.75) is 5.75 Å². The number of nitrogens with one attached hydrogen (secondary N) is 2. The summed E-state index contributed by atoms with van der Waals surface area (Å²) in [5, 5.41) is 16.7. The van der Waals surface area contributed by atoms with E-state index in [2.05, 4.69) is 10.6 Å². The summed E-state index contributed by atoms with van der Waals surface area (Å²) in [5.74, 6) is 0.0183. The minimum absolute atomic E-state index is 0.194. The zero-order valence-electron chi connectivity index (χ0n) is 13.2. The minimum Gasteiger partial charge on any atom is -0.355 e. The van der Waals surface area contributed by atoms with Crippen molar-refractivity contribution in [3.8, 4) is 0 Å². The molecule has 0 aromatic heterocycles. The Morgan fingerprint density at radius 1 is 1.25 bits per heavy atom. The number of nitro benzene ring substituents is 1. The molecule has 0 aliphatic rings. The van der Waals surface area contributed by atoms with Crippen LogP contribution in [0.5, 0.6) is 0 Å². The molecule has 0 heterocycles. The Labute approximate surface area is 141 Å². The van der Waals surface area contributed by atoms with Crippen LogP contribution in [0, 0.1) is 10.1 Å². The van der Waals surface area contributed by atoms with E-state index in [1.807, 2.05) is 6.07 Å². The molecule has 7 nitrogen and oxygen atoms in total. The Balaban J connectivity index is 2.34. The Morgan fingerprint density at radius 3 is 2.62 bits per heavy atom. The van der Waals surface area contributed by atoms with Crippen molar-refractivity contribution < 1.29 is 13.9 Å². The molecule has 0 aliphatic heterocycles. The van der Waals surface area contributed by atoms with Crippen LogP contribution in [0.1, 0.15) is 15.9 Å². The predicted molar refractivity (Wildman–Crippen MR) is 94.0 cm³/mol. The van der Waals surface area contributed by atoms with Gasteiger partial charge in [-0.15, -0.1) is 0 Å². The van der Waals surface area contributed by atoms with Gasteiger partial charge in [-0.05, 0) is 29.8 Å². The molecule has 1 atom stereocenters. The molecule has 0 aliphatic carbocycles. The number of anilines is 2. The fourth-order valence-electron chi connectivity index (χ4n) is 2.20. The van der Waals surface area contributed by atoms with Crippen LogP contribution in [0.3, 0.4) is 0 Å². The number of rotatable bonds is 6. The van der Waals surface area contributed by atoms with Crippen LogP contribution in [-0.4, -0.2) is 28.3 Å². The molecule has 126 valence electrons. The molecular formula is C16H17N3O4S. The molecule has 1 amide bonds. The van der Waals surface area contributed by atoms with E-state index in [0.717, 1.165) is 5.56 Å². The van der Waals surface area contributed by atoms with Gasteiger partial charge in [-0.3, -0.25) is 19.1 Å². The van der Waals surface area contributed by atoms with Gasteiger partial charge in [0.15, 0.2) is 0 Å². The monoisotopic (exact) mass is 347 g/mol. The summed E-state index contributed by atoms with van der Waals surface area (Å²) in [6.45, 7) is 0. The number of carbonyl (C=O) groups is 1. The van der Waals surface area contributed by atoms with E-state index in [1.54, 1.807) is 24.5 Å². The van der Waals surface area contributed by atoms with Crippen LogP contribution in [0.4, 0.5) is 17.1 Å². The van der Waals surface area contributed by atoms with Crippen LogP contribution in [0.15, 0.2) is 42.5 Å². The Bertz CT molecular complexity index is 808. The van der Waals surface area contributed by atoms with Gasteiger partial charge >= 0.3 is 0 Å². The van der Waals surface area contributed by atoms with Crippen LogP contribution in [-0.2, 0) is 16.6 Å². The van der Waals surface area contributed by atoms with Gasteiger partial charge in [0.1, 0.15) is 5.69 Å². The van der Waals surface area contributed by atoms with Crippen molar-refractivity contribution in [2.24, 2.45) is 0 Å². The highest BCUT2D eigenvalue weighted by molar-refractivity contribution is 7.83. The van der Waals surface area contributed by atoms with E-state index in [1.165, 1.54) is 25.2 Å². The maximum atomic E-state index is 11.6. The first-order valence-electron chi connectivity index (χ1n) is 7.07. The van der Waals surface area contributed by atoms with Crippen LogP contribution in [0.25, 0.3) is 0 Å². The van der Waals surface area contributed by atoms with Crippen LogP contribution >= 0.6 is 0 Å². The summed E-state index contributed by atoms with van der Waals surface area (Å²) in [6.07, 6.45) is 1.61. The van der Waals surface area contributed by atoms with Gasteiger partial charge < -0.3 is 10.6 Å². The van der Waals surface area contributed by atoms with E-state index in [4.69, 9.17) is 0 Å². The van der Waals surface area contributed by atoms with Gasteiger partial charge in [-0.2, -0.15) is 0 Å². The lowest BCUT2D eigenvalue weighted by Crippen LogP contribution is -2.17. The number of nitrogens with zero attached hydrogens (tertiary/aromatic N) is 1.